The fourth-order valence-corrected chi connectivity index (χ4v) is 1.24. The molecule has 0 saturated carbocycles. The van der Waals surface area contributed by atoms with Crippen molar-refractivity contribution in [3.8, 4) is 0 Å². The first-order chi connectivity index (χ1) is 8.71. The number of nitrogens with two attached hydrogens (primary N) is 1. The van der Waals surface area contributed by atoms with E-state index in [0.29, 0.717) is 6.07 Å². The molecule has 6 nitrogen and oxygen atoms in total. The van der Waals surface area contributed by atoms with E-state index in [2.05, 4.69) is 4.84 Å². The van der Waals surface area contributed by atoms with E-state index in [1.54, 1.807) is 0 Å². The van der Waals surface area contributed by atoms with Gasteiger partial charge < -0.3 is 10.8 Å². The molecule has 0 aliphatic heterocycles. The fourth-order valence-electron chi connectivity index (χ4n) is 1.24. The van der Waals surface area contributed by atoms with E-state index in [4.69, 9.17) is 10.8 Å². The zero-order valence-electron chi connectivity index (χ0n) is 9.32. The lowest BCUT2D eigenvalue weighted by atomic mass is 10.1. The number of alkyl halides is 3. The molecule has 0 fully saturated rings. The van der Waals surface area contributed by atoms with Crippen LogP contribution in [0.3, 0.4) is 0 Å². The first-order valence-electron chi connectivity index (χ1n) is 4.82. The zero-order valence-corrected chi connectivity index (χ0v) is 9.32. The summed E-state index contributed by atoms with van der Waals surface area (Å²) in [5.41, 5.74) is 4.78. The monoisotopic (exact) mass is 278 g/mol. The Morgan fingerprint density at radius 2 is 2.00 bits per heavy atom. The highest BCUT2D eigenvalue weighted by molar-refractivity contribution is 5.95. The Hall–Kier alpha value is -2.29. The number of rotatable bonds is 5. The van der Waals surface area contributed by atoms with Crippen LogP contribution in [0.1, 0.15) is 15.9 Å². The number of carboxylic acid groups (broad SMARTS) is 1. The summed E-state index contributed by atoms with van der Waals surface area (Å²) >= 11 is 0. The second kappa shape index (κ2) is 5.57. The van der Waals surface area contributed by atoms with Crippen LogP contribution in [0.15, 0.2) is 18.2 Å². The summed E-state index contributed by atoms with van der Waals surface area (Å²) in [4.78, 5) is 25.4. The Morgan fingerprint density at radius 3 is 2.47 bits per heavy atom. The van der Waals surface area contributed by atoms with Crippen molar-refractivity contribution in [3.05, 3.63) is 29.3 Å². The Morgan fingerprint density at radius 1 is 1.37 bits per heavy atom. The Bertz CT molecular complexity index is 502. The van der Waals surface area contributed by atoms with Crippen LogP contribution in [-0.2, 0) is 15.8 Å². The second-order valence-corrected chi connectivity index (χ2v) is 3.41. The molecule has 4 N–H and O–H groups in total. The fraction of sp³-hybridized carbons (Fsp3) is 0.200. The number of nitrogens with one attached hydrogen (secondary N) is 1. The van der Waals surface area contributed by atoms with Crippen molar-refractivity contribution in [1.29, 1.82) is 0 Å². The summed E-state index contributed by atoms with van der Waals surface area (Å²) in [7, 11) is 0. The third kappa shape index (κ3) is 4.14. The summed E-state index contributed by atoms with van der Waals surface area (Å²) in [6.07, 6.45) is -4.77. The summed E-state index contributed by atoms with van der Waals surface area (Å²) in [5, 5.41) is 8.29. The van der Waals surface area contributed by atoms with Gasteiger partial charge in [-0.15, -0.1) is 0 Å². The van der Waals surface area contributed by atoms with E-state index in [1.807, 2.05) is 5.48 Å². The summed E-state index contributed by atoms with van der Waals surface area (Å²) in [6.45, 7) is -0.737. The average molecular weight is 278 g/mol. The van der Waals surface area contributed by atoms with Gasteiger partial charge in [-0.05, 0) is 18.2 Å². The lowest BCUT2D eigenvalue weighted by Crippen LogP contribution is -2.19. The number of carbonyl (C=O) groups is 2. The van der Waals surface area contributed by atoms with Crippen molar-refractivity contribution in [2.45, 2.75) is 6.18 Å². The van der Waals surface area contributed by atoms with Crippen LogP contribution in [0.2, 0.25) is 0 Å². The Labute approximate surface area is 104 Å². The highest BCUT2D eigenvalue weighted by atomic mass is 19.4. The molecule has 9 heteroatoms. The van der Waals surface area contributed by atoms with E-state index < -0.39 is 35.8 Å². The van der Waals surface area contributed by atoms with Crippen LogP contribution in [0, 0.1) is 0 Å². The number of hydrogen-bond donors (Lipinski definition) is 3. The summed E-state index contributed by atoms with van der Waals surface area (Å²) in [5.74, 6) is -2.51. The highest BCUT2D eigenvalue weighted by Crippen LogP contribution is 2.33. The molecule has 1 amide bonds. The van der Waals surface area contributed by atoms with Crippen molar-refractivity contribution in [3.63, 3.8) is 0 Å². The normalized spacial score (nSPS) is 11.1. The summed E-state index contributed by atoms with van der Waals surface area (Å²) in [6, 6.07) is 2.58. The van der Waals surface area contributed by atoms with E-state index in [1.165, 1.54) is 0 Å². The first-order valence-corrected chi connectivity index (χ1v) is 4.82. The molecule has 0 saturated heterocycles. The van der Waals surface area contributed by atoms with E-state index in [-0.39, 0.29) is 5.69 Å². The maximum absolute atomic E-state index is 12.7. The standard InChI is InChI=1S/C10H9F3N2O4/c11-10(12,13)7-3-5(15-19-4-8(16)17)1-2-6(7)9(14)18/h1-3,15H,4H2,(H2,14,18)(H,16,17). The molecule has 0 atom stereocenters. The molecule has 0 unspecified atom stereocenters. The molecule has 0 spiro atoms. The lowest BCUT2D eigenvalue weighted by Gasteiger charge is -2.13. The van der Waals surface area contributed by atoms with Gasteiger partial charge in [-0.25, -0.2) is 4.79 Å². The van der Waals surface area contributed by atoms with Gasteiger partial charge in [0.15, 0.2) is 6.61 Å². The molecular formula is C10H9F3N2O4. The van der Waals surface area contributed by atoms with Gasteiger partial charge in [0.25, 0.3) is 0 Å². The number of carboxylic acids is 1. The number of amides is 1. The first kappa shape index (κ1) is 14.8. The predicted octanol–water partition coefficient (Wildman–Crippen LogP) is 1.23. The van der Waals surface area contributed by atoms with E-state index >= 15 is 0 Å². The number of benzene rings is 1. The molecule has 0 aromatic heterocycles. The third-order valence-corrected chi connectivity index (χ3v) is 1.98. The van der Waals surface area contributed by atoms with E-state index in [9.17, 15) is 22.8 Å². The Kier molecular flexibility index (Phi) is 4.33. The molecule has 1 aromatic rings. The van der Waals surface area contributed by atoms with Gasteiger partial charge in [-0.1, -0.05) is 0 Å². The van der Waals surface area contributed by atoms with Crippen LogP contribution in [0.25, 0.3) is 0 Å². The van der Waals surface area contributed by atoms with Crippen LogP contribution < -0.4 is 11.2 Å². The van der Waals surface area contributed by atoms with Gasteiger partial charge in [0.05, 0.1) is 16.8 Å². The Balaban J connectivity index is 2.99. The molecule has 19 heavy (non-hydrogen) atoms. The van der Waals surface area contributed by atoms with Crippen LogP contribution in [0.5, 0.6) is 0 Å². The molecular weight excluding hydrogens is 269 g/mol. The highest BCUT2D eigenvalue weighted by Gasteiger charge is 2.35. The van der Waals surface area contributed by atoms with Gasteiger partial charge in [0.2, 0.25) is 5.91 Å². The predicted molar refractivity (Wildman–Crippen MR) is 57.2 cm³/mol. The maximum Gasteiger partial charge on any atom is 0.417 e. The number of halogens is 3. The number of aliphatic carboxylic acids is 1. The minimum absolute atomic E-state index is 0.154. The third-order valence-electron chi connectivity index (χ3n) is 1.98. The number of anilines is 1. The molecule has 1 aromatic carbocycles. The van der Waals surface area contributed by atoms with Gasteiger partial charge in [-0.2, -0.15) is 13.2 Å². The molecule has 1 rings (SSSR count). The number of carbonyl (C=O) groups excluding carboxylic acids is 1. The number of hydrogen-bond acceptors (Lipinski definition) is 4. The minimum Gasteiger partial charge on any atom is -0.479 e. The second-order valence-electron chi connectivity index (χ2n) is 3.41. The lowest BCUT2D eigenvalue weighted by molar-refractivity contribution is -0.141. The van der Waals surface area contributed by atoms with Crippen LogP contribution in [-0.4, -0.2) is 23.6 Å². The smallest absolute Gasteiger partial charge is 0.417 e. The quantitative estimate of drug-likeness (QED) is 0.703. The topological polar surface area (TPSA) is 102 Å². The molecule has 0 radical (unpaired) electrons. The van der Waals surface area contributed by atoms with Crippen molar-refractivity contribution >= 4 is 17.6 Å². The van der Waals surface area contributed by atoms with Gasteiger partial charge in [0.1, 0.15) is 0 Å². The van der Waals surface area contributed by atoms with Crippen molar-refractivity contribution in [2.75, 3.05) is 12.1 Å². The van der Waals surface area contributed by atoms with Crippen molar-refractivity contribution < 1.29 is 32.7 Å². The minimum atomic E-state index is -4.77. The van der Waals surface area contributed by atoms with Crippen molar-refractivity contribution in [2.24, 2.45) is 5.73 Å². The molecule has 0 heterocycles. The zero-order chi connectivity index (χ0) is 14.6. The SMILES string of the molecule is NC(=O)c1ccc(NOCC(=O)O)cc1C(F)(F)F. The maximum atomic E-state index is 12.7. The number of primary amides is 1. The van der Waals surface area contributed by atoms with Crippen molar-refractivity contribution in [1.82, 2.24) is 0 Å². The largest absolute Gasteiger partial charge is 0.479 e. The molecule has 104 valence electrons. The van der Waals surface area contributed by atoms with E-state index in [0.717, 1.165) is 12.1 Å². The molecule has 0 bridgehead atoms. The summed E-state index contributed by atoms with van der Waals surface area (Å²) < 4.78 is 38.0. The molecule has 0 aliphatic rings. The van der Waals surface area contributed by atoms with Gasteiger partial charge in [-0.3, -0.25) is 15.1 Å². The average Bonchev–Trinajstić information content (AvgIpc) is 2.27. The molecule has 0 aliphatic carbocycles. The van der Waals surface area contributed by atoms with Gasteiger partial charge >= 0.3 is 12.1 Å². The van der Waals surface area contributed by atoms with Crippen LogP contribution >= 0.6 is 0 Å². The van der Waals surface area contributed by atoms with Gasteiger partial charge in [0, 0.05) is 0 Å². The van der Waals surface area contributed by atoms with Crippen LogP contribution in [0.4, 0.5) is 18.9 Å².